The summed E-state index contributed by atoms with van der Waals surface area (Å²) in [7, 11) is 0. The molecule has 0 aliphatic carbocycles. The van der Waals surface area contributed by atoms with Crippen molar-refractivity contribution < 1.29 is 23.1 Å². The van der Waals surface area contributed by atoms with Crippen LogP contribution >= 0.6 is 22.7 Å². The minimum Gasteiger partial charge on any atom is -0.392 e. The summed E-state index contributed by atoms with van der Waals surface area (Å²) in [6.07, 6.45) is -0.665. The third-order valence-electron chi connectivity index (χ3n) is 5.91. The predicted molar refractivity (Wildman–Crippen MR) is 142 cm³/mol. The lowest BCUT2D eigenvalue weighted by Crippen LogP contribution is -2.23. The number of nitrogens with one attached hydrogen (secondary N) is 3. The zero-order chi connectivity index (χ0) is 26.7. The van der Waals surface area contributed by atoms with E-state index in [4.69, 9.17) is 0 Å². The smallest absolute Gasteiger partial charge is 0.392 e. The fourth-order valence-corrected chi connectivity index (χ4v) is 5.81. The van der Waals surface area contributed by atoms with Crippen LogP contribution in [-0.2, 0) is 19.1 Å². The van der Waals surface area contributed by atoms with Crippen molar-refractivity contribution in [2.45, 2.75) is 31.7 Å². The van der Waals surface area contributed by atoms with Gasteiger partial charge in [-0.05, 0) is 41.6 Å². The number of aliphatic hydroxyl groups excluding tert-OH is 1. The Bertz CT molecular complexity index is 1430. The Morgan fingerprint density at radius 2 is 2.05 bits per heavy atom. The Morgan fingerprint density at radius 3 is 2.84 bits per heavy atom. The largest absolute Gasteiger partial charge is 0.416 e. The molecule has 1 saturated heterocycles. The predicted octanol–water partition coefficient (Wildman–Crippen LogP) is 5.03. The Labute approximate surface area is 223 Å². The van der Waals surface area contributed by atoms with Gasteiger partial charge in [0, 0.05) is 49.4 Å². The molecule has 14 heteroatoms. The number of halogens is 3. The monoisotopic (exact) mass is 563 g/mol. The number of aromatic nitrogens is 3. The van der Waals surface area contributed by atoms with Crippen LogP contribution in [0.4, 0.5) is 34.6 Å². The number of nitrogens with zero attached hydrogens (tertiary/aromatic N) is 4. The highest BCUT2D eigenvalue weighted by Crippen LogP contribution is 2.33. The molecule has 2 amide bonds. The van der Waals surface area contributed by atoms with E-state index in [2.05, 4.69) is 30.9 Å². The Balaban J connectivity index is 1.18. The second kappa shape index (κ2) is 11.2. The number of fused-ring (bicyclic) bond motifs is 1. The van der Waals surface area contributed by atoms with E-state index in [1.165, 1.54) is 23.7 Å². The van der Waals surface area contributed by atoms with Gasteiger partial charge in [-0.15, -0.1) is 22.7 Å². The molecule has 4 aromatic rings. The van der Waals surface area contributed by atoms with Gasteiger partial charge in [-0.3, -0.25) is 10.2 Å². The molecule has 1 aromatic carbocycles. The number of carbonyl (C=O) groups excluding carboxylic acids is 1. The number of urea groups is 1. The van der Waals surface area contributed by atoms with Crippen LogP contribution in [0.15, 0.2) is 42.2 Å². The lowest BCUT2D eigenvalue weighted by Gasteiger charge is -2.18. The van der Waals surface area contributed by atoms with Crippen LogP contribution in [-0.4, -0.2) is 56.7 Å². The molecule has 0 saturated carbocycles. The van der Waals surface area contributed by atoms with Crippen molar-refractivity contribution in [1.29, 1.82) is 0 Å². The number of thiazole rings is 1. The highest BCUT2D eigenvalue weighted by molar-refractivity contribution is 7.17. The molecule has 1 aliphatic heterocycles. The molecule has 9 nitrogen and oxygen atoms in total. The van der Waals surface area contributed by atoms with Crippen LogP contribution in [0.2, 0.25) is 0 Å². The fraction of sp³-hybridized carbons (Fsp3) is 0.333. The van der Waals surface area contributed by atoms with E-state index in [1.807, 2.05) is 16.3 Å². The number of hydrogen-bond donors (Lipinski definition) is 4. The van der Waals surface area contributed by atoms with E-state index in [1.54, 1.807) is 17.5 Å². The summed E-state index contributed by atoms with van der Waals surface area (Å²) in [6.45, 7) is 1.84. The minimum atomic E-state index is -4.56. The van der Waals surface area contributed by atoms with E-state index < -0.39 is 23.9 Å². The van der Waals surface area contributed by atoms with Crippen molar-refractivity contribution in [3.63, 3.8) is 0 Å². The number of amides is 2. The average molecular weight is 564 g/mol. The van der Waals surface area contributed by atoms with E-state index in [0.29, 0.717) is 43.2 Å². The third kappa shape index (κ3) is 6.56. The van der Waals surface area contributed by atoms with E-state index >= 15 is 0 Å². The van der Waals surface area contributed by atoms with Crippen LogP contribution in [0.5, 0.6) is 0 Å². The van der Waals surface area contributed by atoms with Gasteiger partial charge in [0.05, 0.1) is 21.9 Å². The molecule has 1 atom stereocenters. The zero-order valence-corrected chi connectivity index (χ0v) is 21.6. The third-order valence-corrected chi connectivity index (χ3v) is 7.80. The first-order chi connectivity index (χ1) is 18.2. The molecule has 200 valence electrons. The van der Waals surface area contributed by atoms with Gasteiger partial charge in [0.15, 0.2) is 5.13 Å². The van der Waals surface area contributed by atoms with Gasteiger partial charge >= 0.3 is 12.2 Å². The molecule has 0 spiro atoms. The topological polar surface area (TPSA) is 115 Å². The van der Waals surface area contributed by atoms with Crippen molar-refractivity contribution in [2.24, 2.45) is 0 Å². The molecule has 38 heavy (non-hydrogen) atoms. The van der Waals surface area contributed by atoms with Crippen LogP contribution in [0, 0.1) is 0 Å². The van der Waals surface area contributed by atoms with Crippen LogP contribution in [0.1, 0.15) is 22.4 Å². The first-order valence-corrected chi connectivity index (χ1v) is 13.5. The molecule has 4 heterocycles. The van der Waals surface area contributed by atoms with Crippen LogP contribution < -0.4 is 16.0 Å². The maximum atomic E-state index is 13.5. The molecule has 1 aliphatic rings. The van der Waals surface area contributed by atoms with Gasteiger partial charge < -0.3 is 15.7 Å². The van der Waals surface area contributed by atoms with E-state index in [0.717, 1.165) is 33.0 Å². The standard InChI is InChI=1S/C24H24F3N7O2S2/c25-24(26,27)15-7-14(11-34-5-2-17(35)12-34)8-16(9-15)32-22(36)33-23-29-10-18(38-23)1-4-28-21-20-19(3-6-37-20)30-13-31-21/h3,6-10,13,17,35H,1-2,4-5,11-12H2,(H,28,30,31)(H2,29,32,33,36)/t17-/m0/s1. The maximum absolute atomic E-state index is 13.5. The molecule has 1 fully saturated rings. The summed E-state index contributed by atoms with van der Waals surface area (Å²) in [4.78, 5) is 28.0. The van der Waals surface area contributed by atoms with Gasteiger partial charge in [0.2, 0.25) is 0 Å². The Morgan fingerprint density at radius 1 is 1.18 bits per heavy atom. The summed E-state index contributed by atoms with van der Waals surface area (Å²) in [5, 5.41) is 20.4. The molecule has 0 unspecified atom stereocenters. The number of aliphatic hydroxyl groups is 1. The molecule has 0 bridgehead atoms. The van der Waals surface area contributed by atoms with Crippen LogP contribution in [0.3, 0.4) is 0 Å². The number of thiophene rings is 1. The summed E-state index contributed by atoms with van der Waals surface area (Å²) in [5.41, 5.74) is 0.456. The second-order valence-electron chi connectivity index (χ2n) is 8.84. The Kier molecular flexibility index (Phi) is 7.74. The number of carbonyl (C=O) groups is 1. The van der Waals surface area contributed by atoms with Crippen molar-refractivity contribution in [3.8, 4) is 0 Å². The highest BCUT2D eigenvalue weighted by atomic mass is 32.1. The molecule has 4 N–H and O–H groups in total. The average Bonchev–Trinajstić information content (AvgIpc) is 3.60. The number of β-amino-alcohol motifs (C(OH)–C–C–N with tert-alkyl or cyclic N) is 1. The minimum absolute atomic E-state index is 0.0257. The number of likely N-dealkylation sites (tertiary alicyclic amines) is 1. The van der Waals surface area contributed by atoms with Crippen molar-refractivity contribution in [3.05, 3.63) is 58.2 Å². The number of benzene rings is 1. The van der Waals surface area contributed by atoms with Gasteiger partial charge in [-0.25, -0.2) is 19.7 Å². The lowest BCUT2D eigenvalue weighted by atomic mass is 10.1. The summed E-state index contributed by atoms with van der Waals surface area (Å²) in [6, 6.07) is 4.72. The molecular formula is C24H24F3N7O2S2. The maximum Gasteiger partial charge on any atom is 0.416 e. The van der Waals surface area contributed by atoms with E-state index in [-0.39, 0.29) is 12.2 Å². The van der Waals surface area contributed by atoms with Crippen molar-refractivity contribution >= 4 is 55.6 Å². The number of hydrogen-bond acceptors (Lipinski definition) is 9. The van der Waals surface area contributed by atoms with Gasteiger partial charge in [-0.2, -0.15) is 13.2 Å². The van der Waals surface area contributed by atoms with E-state index in [9.17, 15) is 23.1 Å². The molecule has 5 rings (SSSR count). The highest BCUT2D eigenvalue weighted by Gasteiger charge is 2.32. The second-order valence-corrected chi connectivity index (χ2v) is 10.9. The van der Waals surface area contributed by atoms with Gasteiger partial charge in [-0.1, -0.05) is 0 Å². The van der Waals surface area contributed by atoms with Gasteiger partial charge in [0.25, 0.3) is 0 Å². The molecule has 3 aromatic heterocycles. The van der Waals surface area contributed by atoms with Crippen molar-refractivity contribution in [1.82, 2.24) is 19.9 Å². The SMILES string of the molecule is O=C(Nc1cc(CN2CC[C@H](O)C2)cc(C(F)(F)F)c1)Nc1ncc(CCNc2ncnc3ccsc23)s1. The van der Waals surface area contributed by atoms with Gasteiger partial charge in [0.1, 0.15) is 12.1 Å². The summed E-state index contributed by atoms with van der Waals surface area (Å²) in [5.74, 6) is 0.758. The summed E-state index contributed by atoms with van der Waals surface area (Å²) < 4.78 is 41.4. The molecular weight excluding hydrogens is 539 g/mol. The molecule has 0 radical (unpaired) electrons. The summed E-state index contributed by atoms with van der Waals surface area (Å²) >= 11 is 2.84. The zero-order valence-electron chi connectivity index (χ0n) is 20.0. The number of alkyl halides is 3. The van der Waals surface area contributed by atoms with Crippen LogP contribution in [0.25, 0.3) is 10.2 Å². The number of rotatable bonds is 8. The first-order valence-electron chi connectivity index (χ1n) is 11.8. The van der Waals surface area contributed by atoms with Crippen molar-refractivity contribution in [2.75, 3.05) is 35.6 Å². The number of anilines is 3. The lowest BCUT2D eigenvalue weighted by molar-refractivity contribution is -0.137. The quantitative estimate of drug-likeness (QED) is 0.238. The normalized spacial score (nSPS) is 16.2. The fourth-order valence-electron chi connectivity index (χ4n) is 4.19. The first kappa shape index (κ1) is 26.3. The Hall–Kier alpha value is -3.33.